The van der Waals surface area contributed by atoms with Crippen molar-refractivity contribution in [3.8, 4) is 5.75 Å². The summed E-state index contributed by atoms with van der Waals surface area (Å²) in [7, 11) is -1.44. The highest BCUT2D eigenvalue weighted by atomic mass is 16.6. The Hall–Kier alpha value is -1.08. The zero-order valence-corrected chi connectivity index (χ0v) is 12.2. The van der Waals surface area contributed by atoms with E-state index in [1.807, 2.05) is 13.0 Å². The molecule has 0 aliphatic carbocycles. The molecule has 21 heavy (non-hydrogen) atoms. The van der Waals surface area contributed by atoms with Crippen molar-refractivity contribution in [3.63, 3.8) is 0 Å². The van der Waals surface area contributed by atoms with Gasteiger partial charge in [-0.2, -0.15) is 0 Å². The average Bonchev–Trinajstić information content (AvgIpc) is 2.86. The van der Waals surface area contributed by atoms with E-state index < -0.39 is 7.12 Å². The molecule has 1 aromatic carbocycles. The summed E-state index contributed by atoms with van der Waals surface area (Å²) in [5, 5.41) is 18.5. The van der Waals surface area contributed by atoms with E-state index >= 15 is 0 Å². The smallest absolute Gasteiger partial charge is 0.488 e. The van der Waals surface area contributed by atoms with Crippen LogP contribution in [0.5, 0.6) is 5.75 Å². The minimum absolute atomic E-state index is 0.116. The maximum atomic E-state index is 9.24. The third-order valence-electron chi connectivity index (χ3n) is 4.34. The largest absolute Gasteiger partial charge is 0.490 e. The van der Waals surface area contributed by atoms with Gasteiger partial charge in [-0.25, -0.2) is 0 Å². The van der Waals surface area contributed by atoms with E-state index in [2.05, 4.69) is 0 Å². The van der Waals surface area contributed by atoms with Crippen molar-refractivity contribution in [1.82, 2.24) is 0 Å². The summed E-state index contributed by atoms with van der Waals surface area (Å²) in [6.45, 7) is 3.95. The quantitative estimate of drug-likeness (QED) is 0.789. The molecule has 0 bridgehead atoms. The van der Waals surface area contributed by atoms with Crippen LogP contribution in [-0.4, -0.2) is 48.7 Å². The van der Waals surface area contributed by atoms with Crippen LogP contribution in [0.25, 0.3) is 0 Å². The highest BCUT2D eigenvalue weighted by Crippen LogP contribution is 2.34. The first kappa shape index (κ1) is 14.8. The Morgan fingerprint density at radius 1 is 1.33 bits per heavy atom. The molecule has 2 fully saturated rings. The van der Waals surface area contributed by atoms with Crippen molar-refractivity contribution in [2.24, 2.45) is 0 Å². The Morgan fingerprint density at radius 2 is 2.19 bits per heavy atom. The summed E-state index contributed by atoms with van der Waals surface area (Å²) in [6, 6.07) is 5.33. The summed E-state index contributed by atoms with van der Waals surface area (Å²) in [6.07, 6.45) is 2.76. The van der Waals surface area contributed by atoms with Gasteiger partial charge in [0.15, 0.2) is 0 Å². The molecule has 0 aromatic heterocycles. The Labute approximate surface area is 125 Å². The van der Waals surface area contributed by atoms with Crippen molar-refractivity contribution in [2.75, 3.05) is 19.8 Å². The summed E-state index contributed by atoms with van der Waals surface area (Å²) in [5.41, 5.74) is 1.16. The summed E-state index contributed by atoms with van der Waals surface area (Å²) in [4.78, 5) is 0. The predicted molar refractivity (Wildman–Crippen MR) is 78.8 cm³/mol. The van der Waals surface area contributed by atoms with E-state index in [1.165, 1.54) is 0 Å². The number of rotatable bonds is 3. The molecule has 0 radical (unpaired) electrons. The average molecular weight is 292 g/mol. The van der Waals surface area contributed by atoms with Gasteiger partial charge in [-0.1, -0.05) is 6.07 Å². The standard InChI is InChI=1S/C15H21BO5/c1-11-8-12(2-3-14(11)16(17)18)21-13-4-6-20-15(9-13)5-7-19-10-15/h2-3,8,13,17-18H,4-7,9-10H2,1H3. The van der Waals surface area contributed by atoms with Gasteiger partial charge in [0.1, 0.15) is 11.9 Å². The Balaban J connectivity index is 1.67. The van der Waals surface area contributed by atoms with Crippen molar-refractivity contribution >= 4 is 12.6 Å². The Morgan fingerprint density at radius 3 is 2.86 bits per heavy atom. The van der Waals surface area contributed by atoms with Gasteiger partial charge in [-0.3, -0.25) is 0 Å². The van der Waals surface area contributed by atoms with E-state index in [9.17, 15) is 10.0 Å². The second-order valence-electron chi connectivity index (χ2n) is 5.96. The molecular formula is C15H21BO5. The fraction of sp³-hybridized carbons (Fsp3) is 0.600. The second kappa shape index (κ2) is 5.97. The van der Waals surface area contributed by atoms with Gasteiger partial charge in [0.25, 0.3) is 0 Å². The van der Waals surface area contributed by atoms with Gasteiger partial charge in [-0.05, 0) is 30.1 Å². The van der Waals surface area contributed by atoms with E-state index in [-0.39, 0.29) is 11.7 Å². The van der Waals surface area contributed by atoms with Crippen LogP contribution >= 0.6 is 0 Å². The van der Waals surface area contributed by atoms with E-state index in [1.54, 1.807) is 12.1 Å². The molecular weight excluding hydrogens is 271 g/mol. The molecule has 0 amide bonds. The molecule has 2 aliphatic heterocycles. The summed E-state index contributed by atoms with van der Waals surface area (Å²) < 4.78 is 17.4. The second-order valence-corrected chi connectivity index (χ2v) is 5.96. The van der Waals surface area contributed by atoms with Gasteiger partial charge >= 0.3 is 7.12 Å². The van der Waals surface area contributed by atoms with Crippen molar-refractivity contribution in [2.45, 2.75) is 37.9 Å². The van der Waals surface area contributed by atoms with Crippen LogP contribution in [0.3, 0.4) is 0 Å². The van der Waals surface area contributed by atoms with Crippen LogP contribution in [0.15, 0.2) is 18.2 Å². The van der Waals surface area contributed by atoms with E-state index in [0.717, 1.165) is 37.2 Å². The van der Waals surface area contributed by atoms with E-state index in [0.29, 0.717) is 18.7 Å². The maximum Gasteiger partial charge on any atom is 0.488 e. The van der Waals surface area contributed by atoms with Crippen LogP contribution in [-0.2, 0) is 9.47 Å². The number of hydrogen-bond donors (Lipinski definition) is 2. The van der Waals surface area contributed by atoms with Crippen LogP contribution in [0.4, 0.5) is 0 Å². The number of benzene rings is 1. The SMILES string of the molecule is Cc1cc(OC2CCOC3(CCOC3)C2)ccc1B(O)O. The van der Waals surface area contributed by atoms with Crippen molar-refractivity contribution in [1.29, 1.82) is 0 Å². The van der Waals surface area contributed by atoms with Crippen molar-refractivity contribution < 1.29 is 24.3 Å². The fourth-order valence-corrected chi connectivity index (χ4v) is 3.15. The minimum Gasteiger partial charge on any atom is -0.490 e. The molecule has 1 aromatic rings. The summed E-state index contributed by atoms with van der Waals surface area (Å²) >= 11 is 0. The summed E-state index contributed by atoms with van der Waals surface area (Å²) in [5.74, 6) is 0.762. The third-order valence-corrected chi connectivity index (χ3v) is 4.34. The lowest BCUT2D eigenvalue weighted by atomic mass is 9.77. The lowest BCUT2D eigenvalue weighted by Crippen LogP contribution is -2.44. The Bertz CT molecular complexity index is 499. The third kappa shape index (κ3) is 3.24. The normalized spacial score (nSPS) is 28.8. The Kier molecular flexibility index (Phi) is 4.22. The predicted octanol–water partition coefficient (Wildman–Crippen LogP) is 0.392. The highest BCUT2D eigenvalue weighted by molar-refractivity contribution is 6.59. The fourth-order valence-electron chi connectivity index (χ4n) is 3.15. The molecule has 2 unspecified atom stereocenters. The molecule has 1 spiro atoms. The van der Waals surface area contributed by atoms with Crippen LogP contribution in [0.2, 0.25) is 0 Å². The van der Waals surface area contributed by atoms with Crippen LogP contribution in [0, 0.1) is 6.92 Å². The van der Waals surface area contributed by atoms with Crippen molar-refractivity contribution in [3.05, 3.63) is 23.8 Å². The number of hydrogen-bond acceptors (Lipinski definition) is 5. The first-order valence-electron chi connectivity index (χ1n) is 7.43. The molecule has 2 atom stereocenters. The molecule has 114 valence electrons. The van der Waals surface area contributed by atoms with Gasteiger partial charge in [0, 0.05) is 25.9 Å². The first-order chi connectivity index (χ1) is 10.1. The topological polar surface area (TPSA) is 68.2 Å². The molecule has 5 nitrogen and oxygen atoms in total. The van der Waals surface area contributed by atoms with E-state index in [4.69, 9.17) is 14.2 Å². The minimum atomic E-state index is -1.44. The monoisotopic (exact) mass is 292 g/mol. The van der Waals surface area contributed by atoms with Gasteiger partial charge in [-0.15, -0.1) is 0 Å². The van der Waals surface area contributed by atoms with Gasteiger partial charge < -0.3 is 24.3 Å². The zero-order chi connectivity index (χ0) is 14.9. The van der Waals surface area contributed by atoms with Crippen LogP contribution < -0.4 is 10.2 Å². The molecule has 2 saturated heterocycles. The first-order valence-corrected chi connectivity index (χ1v) is 7.43. The lowest BCUT2D eigenvalue weighted by Gasteiger charge is -2.37. The number of aryl methyl sites for hydroxylation is 1. The van der Waals surface area contributed by atoms with Gasteiger partial charge in [0.05, 0.1) is 18.8 Å². The lowest BCUT2D eigenvalue weighted by molar-refractivity contribution is -0.112. The molecule has 2 aliphatic rings. The maximum absolute atomic E-state index is 9.24. The van der Waals surface area contributed by atoms with Crippen LogP contribution in [0.1, 0.15) is 24.8 Å². The zero-order valence-electron chi connectivity index (χ0n) is 12.2. The molecule has 2 N–H and O–H groups in total. The molecule has 0 saturated carbocycles. The molecule has 6 heteroatoms. The van der Waals surface area contributed by atoms with Gasteiger partial charge in [0.2, 0.25) is 0 Å². The number of ether oxygens (including phenoxy) is 3. The molecule has 2 heterocycles. The molecule has 3 rings (SSSR count). The highest BCUT2D eigenvalue weighted by Gasteiger charge is 2.41.